The van der Waals surface area contributed by atoms with Crippen molar-refractivity contribution in [1.29, 1.82) is 5.26 Å². The smallest absolute Gasteiger partial charge is 0.337 e. The summed E-state index contributed by atoms with van der Waals surface area (Å²) in [4.78, 5) is 27.7. The lowest BCUT2D eigenvalue weighted by atomic mass is 10.1. The summed E-state index contributed by atoms with van der Waals surface area (Å²) in [6.07, 6.45) is 1.20. The largest absolute Gasteiger partial charge is 0.478 e. The number of anilines is 1. The van der Waals surface area contributed by atoms with Gasteiger partial charge in [0.2, 0.25) is 5.89 Å². The van der Waals surface area contributed by atoms with Crippen molar-refractivity contribution in [1.82, 2.24) is 4.98 Å². The summed E-state index contributed by atoms with van der Waals surface area (Å²) in [6.45, 7) is 0. The van der Waals surface area contributed by atoms with E-state index >= 15 is 0 Å². The molecule has 3 aromatic rings. The lowest BCUT2D eigenvalue weighted by molar-refractivity contribution is 0.0698. The molecule has 2 N–H and O–H groups in total. The first-order valence-corrected chi connectivity index (χ1v) is 7.18. The van der Waals surface area contributed by atoms with Gasteiger partial charge in [-0.2, -0.15) is 5.26 Å². The zero-order valence-electron chi connectivity index (χ0n) is 12.8. The minimum atomic E-state index is -1.25. The fourth-order valence-corrected chi connectivity index (χ4v) is 2.18. The van der Waals surface area contributed by atoms with Gasteiger partial charge in [0.05, 0.1) is 22.9 Å². The second kappa shape index (κ2) is 6.68. The second-order valence-electron chi connectivity index (χ2n) is 5.04. The number of hydrogen-bond acceptors (Lipinski definition) is 5. The van der Waals surface area contributed by atoms with E-state index in [0.717, 1.165) is 0 Å². The topological polar surface area (TPSA) is 116 Å². The van der Waals surface area contributed by atoms with Gasteiger partial charge in [0, 0.05) is 5.56 Å². The Morgan fingerprint density at radius 1 is 1.16 bits per heavy atom. The number of carbonyl (C=O) groups excluding carboxylic acids is 1. The van der Waals surface area contributed by atoms with Crippen LogP contribution in [-0.2, 0) is 0 Å². The summed E-state index contributed by atoms with van der Waals surface area (Å²) in [7, 11) is 0. The molecular formula is C18H11N3O4. The van der Waals surface area contributed by atoms with Crippen LogP contribution in [0.4, 0.5) is 5.69 Å². The van der Waals surface area contributed by atoms with Crippen molar-refractivity contribution in [3.8, 4) is 17.5 Å². The molecule has 0 fully saturated rings. The van der Waals surface area contributed by atoms with E-state index in [-0.39, 0.29) is 28.4 Å². The third kappa shape index (κ3) is 3.38. The van der Waals surface area contributed by atoms with Crippen LogP contribution in [0, 0.1) is 11.3 Å². The van der Waals surface area contributed by atoms with E-state index in [1.807, 2.05) is 24.3 Å². The fourth-order valence-electron chi connectivity index (χ4n) is 2.18. The van der Waals surface area contributed by atoms with Crippen LogP contribution in [0.15, 0.2) is 59.2 Å². The van der Waals surface area contributed by atoms with Crippen LogP contribution < -0.4 is 5.32 Å². The molecule has 0 bridgehead atoms. The van der Waals surface area contributed by atoms with Crippen molar-refractivity contribution in [2.45, 2.75) is 0 Å². The molecule has 0 atom stereocenters. The highest BCUT2D eigenvalue weighted by atomic mass is 16.4. The highest BCUT2D eigenvalue weighted by molar-refractivity contribution is 6.06. The maximum atomic E-state index is 12.3. The van der Waals surface area contributed by atoms with Crippen molar-refractivity contribution >= 4 is 17.6 Å². The maximum absolute atomic E-state index is 12.3. The van der Waals surface area contributed by atoms with Gasteiger partial charge >= 0.3 is 5.97 Å². The quantitative estimate of drug-likeness (QED) is 0.757. The zero-order valence-corrected chi connectivity index (χ0v) is 12.8. The number of amides is 1. The standard InChI is InChI=1S/C18H11N3O4/c19-9-11-6-7-14(13(8-11)18(23)24)20-16(22)15-10-25-17(21-15)12-4-2-1-3-5-12/h1-8,10H,(H,20,22)(H,23,24). The number of oxazole rings is 1. The number of benzene rings is 2. The van der Waals surface area contributed by atoms with E-state index in [1.54, 1.807) is 12.1 Å². The normalized spacial score (nSPS) is 10.0. The summed E-state index contributed by atoms with van der Waals surface area (Å²) in [5.74, 6) is -1.58. The molecule has 7 heteroatoms. The average molecular weight is 333 g/mol. The second-order valence-corrected chi connectivity index (χ2v) is 5.04. The number of carboxylic acids is 1. The van der Waals surface area contributed by atoms with Crippen LogP contribution >= 0.6 is 0 Å². The van der Waals surface area contributed by atoms with Crippen LogP contribution in [0.5, 0.6) is 0 Å². The molecule has 3 rings (SSSR count). The third-order valence-corrected chi connectivity index (χ3v) is 3.38. The molecule has 122 valence electrons. The van der Waals surface area contributed by atoms with Crippen LogP contribution in [0.3, 0.4) is 0 Å². The number of carboxylic acid groups (broad SMARTS) is 1. The molecule has 0 saturated carbocycles. The van der Waals surface area contributed by atoms with E-state index in [4.69, 9.17) is 9.68 Å². The summed E-state index contributed by atoms with van der Waals surface area (Å²) < 4.78 is 5.29. The predicted octanol–water partition coefficient (Wildman–Crippen LogP) is 3.16. The molecule has 7 nitrogen and oxygen atoms in total. The van der Waals surface area contributed by atoms with Gasteiger partial charge in [-0.3, -0.25) is 4.79 Å². The molecule has 0 aliphatic heterocycles. The summed E-state index contributed by atoms with van der Waals surface area (Å²) >= 11 is 0. The average Bonchev–Trinajstić information content (AvgIpc) is 3.13. The van der Waals surface area contributed by atoms with Gasteiger partial charge in [-0.05, 0) is 30.3 Å². The number of aromatic carboxylic acids is 1. The predicted molar refractivity (Wildman–Crippen MR) is 88.0 cm³/mol. The molecule has 2 aromatic carbocycles. The Bertz CT molecular complexity index is 987. The first-order chi connectivity index (χ1) is 12.1. The van der Waals surface area contributed by atoms with Gasteiger partial charge in [0.25, 0.3) is 5.91 Å². The van der Waals surface area contributed by atoms with Crippen molar-refractivity contribution in [2.75, 3.05) is 5.32 Å². The van der Waals surface area contributed by atoms with Crippen molar-refractivity contribution in [3.63, 3.8) is 0 Å². The first kappa shape index (κ1) is 16.0. The van der Waals surface area contributed by atoms with Gasteiger partial charge in [-0.25, -0.2) is 9.78 Å². The Balaban J connectivity index is 1.85. The Hall–Kier alpha value is -3.92. The SMILES string of the molecule is N#Cc1ccc(NC(=O)c2coc(-c3ccccc3)n2)c(C(=O)O)c1. The van der Waals surface area contributed by atoms with Crippen molar-refractivity contribution in [3.05, 3.63) is 71.6 Å². The monoisotopic (exact) mass is 333 g/mol. The molecule has 0 spiro atoms. The minimum absolute atomic E-state index is 0.0135. The van der Waals surface area contributed by atoms with Crippen LogP contribution in [0.1, 0.15) is 26.4 Å². The number of carbonyl (C=O) groups is 2. The number of aromatic nitrogens is 1. The Kier molecular flexibility index (Phi) is 4.26. The Morgan fingerprint density at radius 3 is 2.60 bits per heavy atom. The van der Waals surface area contributed by atoms with Gasteiger partial charge in [0.1, 0.15) is 6.26 Å². The zero-order chi connectivity index (χ0) is 17.8. The van der Waals surface area contributed by atoms with E-state index < -0.39 is 11.9 Å². The molecular weight excluding hydrogens is 322 g/mol. The molecule has 0 aliphatic carbocycles. The van der Waals surface area contributed by atoms with Gasteiger partial charge in [-0.1, -0.05) is 18.2 Å². The van der Waals surface area contributed by atoms with Gasteiger partial charge in [-0.15, -0.1) is 0 Å². The van der Waals surface area contributed by atoms with Gasteiger partial charge < -0.3 is 14.8 Å². The molecule has 0 aliphatic rings. The summed E-state index contributed by atoms with van der Waals surface area (Å²) in [5.41, 5.74) is 0.800. The molecule has 25 heavy (non-hydrogen) atoms. The highest BCUT2D eigenvalue weighted by Crippen LogP contribution is 2.21. The number of nitrogens with zero attached hydrogens (tertiary/aromatic N) is 2. The Morgan fingerprint density at radius 2 is 1.92 bits per heavy atom. The van der Waals surface area contributed by atoms with Crippen LogP contribution in [-0.4, -0.2) is 22.0 Å². The van der Waals surface area contributed by atoms with Crippen molar-refractivity contribution < 1.29 is 19.1 Å². The number of hydrogen-bond donors (Lipinski definition) is 2. The van der Waals surface area contributed by atoms with Gasteiger partial charge in [0.15, 0.2) is 5.69 Å². The molecule has 1 aromatic heterocycles. The molecule has 1 heterocycles. The lowest BCUT2D eigenvalue weighted by Crippen LogP contribution is -2.15. The van der Waals surface area contributed by atoms with Crippen molar-refractivity contribution in [2.24, 2.45) is 0 Å². The number of rotatable bonds is 4. The van der Waals surface area contributed by atoms with E-state index in [9.17, 15) is 14.7 Å². The highest BCUT2D eigenvalue weighted by Gasteiger charge is 2.17. The maximum Gasteiger partial charge on any atom is 0.337 e. The van der Waals surface area contributed by atoms with E-state index in [2.05, 4.69) is 10.3 Å². The van der Waals surface area contributed by atoms with E-state index in [0.29, 0.717) is 5.56 Å². The first-order valence-electron chi connectivity index (χ1n) is 7.18. The molecule has 1 amide bonds. The number of nitriles is 1. The van der Waals surface area contributed by atoms with E-state index in [1.165, 1.54) is 24.5 Å². The summed E-state index contributed by atoms with van der Waals surface area (Å²) in [6, 6.07) is 14.9. The van der Waals surface area contributed by atoms with Crippen LogP contribution in [0.25, 0.3) is 11.5 Å². The minimum Gasteiger partial charge on any atom is -0.478 e. The molecule has 0 unspecified atom stereocenters. The number of nitrogens with one attached hydrogen (secondary N) is 1. The summed E-state index contributed by atoms with van der Waals surface area (Å²) in [5, 5.41) is 20.6. The molecule has 0 saturated heterocycles. The molecule has 0 radical (unpaired) electrons. The Labute approximate surface area is 142 Å². The van der Waals surface area contributed by atoms with Crippen LogP contribution in [0.2, 0.25) is 0 Å². The lowest BCUT2D eigenvalue weighted by Gasteiger charge is -2.07. The third-order valence-electron chi connectivity index (χ3n) is 3.38. The fraction of sp³-hybridized carbons (Fsp3) is 0.